The van der Waals surface area contributed by atoms with Gasteiger partial charge >= 0.3 is 5.97 Å². The van der Waals surface area contributed by atoms with Crippen molar-refractivity contribution in [2.75, 3.05) is 51.9 Å². The highest BCUT2D eigenvalue weighted by Gasteiger charge is 2.40. The Labute approximate surface area is 307 Å². The van der Waals surface area contributed by atoms with Gasteiger partial charge in [0.15, 0.2) is 11.5 Å². The summed E-state index contributed by atoms with van der Waals surface area (Å²) in [6.45, 7) is 10.8. The van der Waals surface area contributed by atoms with Gasteiger partial charge in [-0.3, -0.25) is 9.59 Å². The molecule has 0 saturated carbocycles. The lowest BCUT2D eigenvalue weighted by Gasteiger charge is -2.31. The molecule has 0 radical (unpaired) electrons. The van der Waals surface area contributed by atoms with Crippen LogP contribution in [0.4, 0.5) is 5.69 Å². The molecule has 0 spiro atoms. The molecule has 11 heteroatoms. The summed E-state index contributed by atoms with van der Waals surface area (Å²) in [5.74, 6) is 0.235. The molecule has 0 fully saturated rings. The molecule has 1 aliphatic heterocycles. The summed E-state index contributed by atoms with van der Waals surface area (Å²) in [7, 11) is 3.69. The first-order chi connectivity index (χ1) is 22.9. The van der Waals surface area contributed by atoms with E-state index in [4.69, 9.17) is 42.1 Å². The van der Waals surface area contributed by atoms with Crippen molar-refractivity contribution in [3.63, 3.8) is 0 Å². The van der Waals surface area contributed by atoms with E-state index in [9.17, 15) is 9.59 Å². The van der Waals surface area contributed by atoms with E-state index in [1.807, 2.05) is 48.5 Å². The van der Waals surface area contributed by atoms with Crippen molar-refractivity contribution in [2.24, 2.45) is 5.41 Å². The number of anilines is 1. The number of ether oxygens (including phenoxy) is 4. The number of hydrogen-bond donors (Lipinski definition) is 0. The minimum atomic E-state index is -1.09. The standard InChI is InChI=1S/C38H48Cl2N2O6.ClH/c1-7-46-34(43)24-33-37(44)42(25-38(2,3)4)31-19-18-27(39)23-29(31)35(48-33)28-15-10-17-32(36(28)45-6)47-22-12-21-41(5)20-11-14-26-13-8-9-16-30(26)40;/h8-10,13,15-19,23,33,35H,7,11-12,14,20-22,24-25H2,1-6H3;1H/t33-,35-;/m1./s1. The predicted octanol–water partition coefficient (Wildman–Crippen LogP) is 8.58. The monoisotopic (exact) mass is 734 g/mol. The Morgan fingerprint density at radius 1 is 1.00 bits per heavy atom. The van der Waals surface area contributed by atoms with Crippen LogP contribution in [0.25, 0.3) is 0 Å². The van der Waals surface area contributed by atoms with E-state index in [2.05, 4.69) is 38.8 Å². The maximum Gasteiger partial charge on any atom is 0.308 e. The van der Waals surface area contributed by atoms with E-state index in [1.54, 1.807) is 25.0 Å². The van der Waals surface area contributed by atoms with Crippen LogP contribution >= 0.6 is 35.6 Å². The fraction of sp³-hybridized carbons (Fsp3) is 0.474. The number of aryl methyl sites for hydroxylation is 1. The van der Waals surface area contributed by atoms with Crippen molar-refractivity contribution in [1.82, 2.24) is 4.90 Å². The van der Waals surface area contributed by atoms with Crippen LogP contribution in [0.3, 0.4) is 0 Å². The molecule has 3 aromatic carbocycles. The number of methoxy groups -OCH3 is 1. The second-order valence-electron chi connectivity index (χ2n) is 13.3. The number of carbonyl (C=O) groups is 2. The molecule has 2 atom stereocenters. The van der Waals surface area contributed by atoms with Crippen molar-refractivity contribution in [1.29, 1.82) is 0 Å². The lowest BCUT2D eigenvalue weighted by molar-refractivity contribution is -0.151. The van der Waals surface area contributed by atoms with Crippen LogP contribution in [0.5, 0.6) is 11.5 Å². The SMILES string of the molecule is CCOC(=O)C[C@H]1O[C@H](c2cccc(OCCCN(C)CCCc3ccccc3Cl)c2OC)c2cc(Cl)ccc2N(CC(C)(C)C)C1=O.Cl. The number of hydrogen-bond acceptors (Lipinski definition) is 7. The molecule has 0 N–H and O–H groups in total. The zero-order chi connectivity index (χ0) is 34.8. The predicted molar refractivity (Wildman–Crippen MR) is 199 cm³/mol. The highest BCUT2D eigenvalue weighted by atomic mass is 35.5. The summed E-state index contributed by atoms with van der Waals surface area (Å²) >= 11 is 12.9. The Morgan fingerprint density at radius 3 is 2.43 bits per heavy atom. The molecule has 0 aromatic heterocycles. The third kappa shape index (κ3) is 11.2. The van der Waals surface area contributed by atoms with Gasteiger partial charge < -0.3 is 28.7 Å². The molecule has 0 aliphatic carbocycles. The van der Waals surface area contributed by atoms with Crippen molar-refractivity contribution in [3.05, 3.63) is 87.4 Å². The minimum Gasteiger partial charge on any atom is -0.492 e. The van der Waals surface area contributed by atoms with Crippen molar-refractivity contribution in [3.8, 4) is 11.5 Å². The van der Waals surface area contributed by atoms with Crippen molar-refractivity contribution >= 4 is 53.2 Å². The van der Waals surface area contributed by atoms with Gasteiger partial charge in [0.25, 0.3) is 5.91 Å². The number of amides is 1. The van der Waals surface area contributed by atoms with E-state index in [0.717, 1.165) is 37.4 Å². The minimum absolute atomic E-state index is 0. The second kappa shape index (κ2) is 18.8. The first kappa shape index (κ1) is 40.4. The van der Waals surface area contributed by atoms with Crippen LogP contribution in [0, 0.1) is 5.41 Å². The molecule has 0 saturated heterocycles. The number of para-hydroxylation sites is 1. The van der Waals surface area contributed by atoms with Crippen LogP contribution in [-0.2, 0) is 25.5 Å². The first-order valence-electron chi connectivity index (χ1n) is 16.6. The quantitative estimate of drug-likeness (QED) is 0.114. The van der Waals surface area contributed by atoms with E-state index in [-0.39, 0.29) is 36.8 Å². The fourth-order valence-corrected chi connectivity index (χ4v) is 6.31. The Bertz CT molecular complexity index is 1550. The third-order valence-corrected chi connectivity index (χ3v) is 8.68. The van der Waals surface area contributed by atoms with E-state index >= 15 is 0 Å². The lowest BCUT2D eigenvalue weighted by atomic mass is 9.94. The molecule has 0 bridgehead atoms. The van der Waals surface area contributed by atoms with Crippen LogP contribution < -0.4 is 14.4 Å². The Balaban J connectivity index is 0.00000650. The largest absolute Gasteiger partial charge is 0.492 e. The van der Waals surface area contributed by atoms with Crippen LogP contribution in [0.2, 0.25) is 10.0 Å². The van der Waals surface area contributed by atoms with Crippen molar-refractivity contribution < 1.29 is 28.5 Å². The maximum atomic E-state index is 14.1. The van der Waals surface area contributed by atoms with Gasteiger partial charge in [0, 0.05) is 39.9 Å². The van der Waals surface area contributed by atoms with Gasteiger partial charge in [-0.25, -0.2) is 0 Å². The number of esters is 1. The van der Waals surface area contributed by atoms with Crippen LogP contribution in [0.15, 0.2) is 60.7 Å². The number of benzene rings is 3. The van der Waals surface area contributed by atoms with E-state index in [0.29, 0.717) is 46.5 Å². The third-order valence-electron chi connectivity index (χ3n) is 8.08. The van der Waals surface area contributed by atoms with Crippen molar-refractivity contribution in [2.45, 2.75) is 65.6 Å². The first-order valence-corrected chi connectivity index (χ1v) is 17.3. The Morgan fingerprint density at radius 2 is 1.73 bits per heavy atom. The number of nitrogens with zero attached hydrogens (tertiary/aromatic N) is 2. The van der Waals surface area contributed by atoms with Gasteiger partial charge in [-0.2, -0.15) is 0 Å². The molecule has 0 unspecified atom stereocenters. The number of rotatable bonds is 15. The Hall–Kier alpha value is -3.01. The number of halogens is 3. The topological polar surface area (TPSA) is 77.5 Å². The van der Waals surface area contributed by atoms with E-state index < -0.39 is 18.2 Å². The fourth-order valence-electron chi connectivity index (χ4n) is 5.89. The van der Waals surface area contributed by atoms with Crippen LogP contribution in [-0.4, -0.2) is 69.9 Å². The summed E-state index contributed by atoms with van der Waals surface area (Å²) < 4.78 is 24.0. The highest BCUT2D eigenvalue weighted by Crippen LogP contribution is 2.45. The molecule has 1 aliphatic rings. The highest BCUT2D eigenvalue weighted by molar-refractivity contribution is 6.31. The molecule has 4 rings (SSSR count). The molecule has 1 heterocycles. The van der Waals surface area contributed by atoms with E-state index in [1.165, 1.54) is 5.56 Å². The van der Waals surface area contributed by atoms with Gasteiger partial charge in [0.05, 0.1) is 26.7 Å². The van der Waals surface area contributed by atoms with Gasteiger partial charge in [0.2, 0.25) is 0 Å². The molecule has 8 nitrogen and oxygen atoms in total. The lowest BCUT2D eigenvalue weighted by Crippen LogP contribution is -2.44. The number of carbonyl (C=O) groups excluding carboxylic acids is 2. The molecular weight excluding hydrogens is 687 g/mol. The average molecular weight is 736 g/mol. The molecule has 3 aromatic rings. The normalized spacial score (nSPS) is 16.1. The average Bonchev–Trinajstić information content (AvgIpc) is 3.13. The van der Waals surface area contributed by atoms with Gasteiger partial charge in [-0.1, -0.05) is 74.3 Å². The summed E-state index contributed by atoms with van der Waals surface area (Å²) in [5, 5.41) is 1.31. The molecule has 268 valence electrons. The summed E-state index contributed by atoms with van der Waals surface area (Å²) in [6.07, 6.45) is 0.654. The Kier molecular flexibility index (Phi) is 15.5. The van der Waals surface area contributed by atoms with Gasteiger partial charge in [0.1, 0.15) is 12.2 Å². The van der Waals surface area contributed by atoms with Crippen LogP contribution in [0.1, 0.15) is 69.8 Å². The van der Waals surface area contributed by atoms with Gasteiger partial charge in [-0.05, 0) is 81.1 Å². The zero-order valence-electron chi connectivity index (χ0n) is 29.3. The summed E-state index contributed by atoms with van der Waals surface area (Å²) in [5.41, 5.74) is 2.95. The smallest absolute Gasteiger partial charge is 0.308 e. The molecular formula is C38H49Cl3N2O6. The maximum absolute atomic E-state index is 14.1. The molecule has 1 amide bonds. The summed E-state index contributed by atoms with van der Waals surface area (Å²) in [6, 6.07) is 19.0. The molecule has 49 heavy (non-hydrogen) atoms. The number of fused-ring (bicyclic) bond motifs is 1. The second-order valence-corrected chi connectivity index (χ2v) is 14.1. The van der Waals surface area contributed by atoms with Gasteiger partial charge in [-0.15, -0.1) is 12.4 Å². The zero-order valence-corrected chi connectivity index (χ0v) is 31.6. The summed E-state index contributed by atoms with van der Waals surface area (Å²) in [4.78, 5) is 30.8.